The van der Waals surface area contributed by atoms with E-state index in [0.29, 0.717) is 0 Å². The Kier molecular flexibility index (Phi) is 10.6. The van der Waals surface area contributed by atoms with Crippen LogP contribution in [0.5, 0.6) is 0 Å². The third-order valence-electron chi connectivity index (χ3n) is 17.9. The van der Waals surface area contributed by atoms with Crippen molar-refractivity contribution in [2.24, 2.45) is 0 Å². The molecule has 2 aliphatic carbocycles. The van der Waals surface area contributed by atoms with E-state index < -0.39 is 0 Å². The molecular weight excluding hydrogens is 856 g/mol. The van der Waals surface area contributed by atoms with Gasteiger partial charge in [-0.05, 0) is 192 Å². The maximum Gasteiger partial charge on any atom is 0.252 e. The van der Waals surface area contributed by atoms with Gasteiger partial charge in [0.1, 0.15) is 0 Å². The van der Waals surface area contributed by atoms with Gasteiger partial charge in [-0.1, -0.05) is 182 Å². The summed E-state index contributed by atoms with van der Waals surface area (Å²) in [6, 6.07) is 50.8. The van der Waals surface area contributed by atoms with Crippen molar-refractivity contribution in [2.75, 3.05) is 9.80 Å². The molecule has 0 bridgehead atoms. The van der Waals surface area contributed by atoms with E-state index in [-0.39, 0.29) is 39.2 Å². The number of benzene rings is 7. The SMILES string of the molecule is Cc1cc2c3c(c1)N(c1ccc(C(C)(C)C)cc1-c1ccc4c(c1)C(C)(C)CCC4(C)C)c1cc4c(cc1B3c1ccc(C(C)(C)C)cc1N2c1cc(-c2ccccc2)ccc1C)C(C)(C)CCC4(C)C. The molecule has 362 valence electrons. The molecular formula is C68H77BN2. The fraction of sp³-hybridized carbons (Fsp3) is 0.382. The highest BCUT2D eigenvalue weighted by molar-refractivity contribution is 7.00. The van der Waals surface area contributed by atoms with Crippen molar-refractivity contribution in [1.82, 2.24) is 0 Å². The fourth-order valence-electron chi connectivity index (χ4n) is 13.0. The third kappa shape index (κ3) is 7.65. The van der Waals surface area contributed by atoms with Crippen molar-refractivity contribution < 1.29 is 0 Å². The number of anilines is 6. The number of hydrogen-bond acceptors (Lipinski definition) is 2. The number of nitrogens with zero attached hydrogens (tertiary/aromatic N) is 2. The Labute approximate surface area is 428 Å². The maximum absolute atomic E-state index is 2.73. The Hall–Kier alpha value is -5.80. The van der Waals surface area contributed by atoms with Gasteiger partial charge in [0.25, 0.3) is 6.71 Å². The van der Waals surface area contributed by atoms with Crippen LogP contribution in [-0.2, 0) is 32.5 Å². The van der Waals surface area contributed by atoms with Crippen LogP contribution in [0.15, 0.2) is 127 Å². The van der Waals surface area contributed by atoms with Gasteiger partial charge >= 0.3 is 0 Å². The van der Waals surface area contributed by atoms with Gasteiger partial charge in [-0.15, -0.1) is 0 Å². The van der Waals surface area contributed by atoms with E-state index in [2.05, 4.69) is 248 Å². The molecule has 0 amide bonds. The van der Waals surface area contributed by atoms with Gasteiger partial charge in [-0.25, -0.2) is 0 Å². The molecule has 0 N–H and O–H groups in total. The van der Waals surface area contributed by atoms with E-state index in [4.69, 9.17) is 0 Å². The predicted molar refractivity (Wildman–Crippen MR) is 309 cm³/mol. The summed E-state index contributed by atoms with van der Waals surface area (Å²) in [5.74, 6) is 0. The summed E-state index contributed by atoms with van der Waals surface area (Å²) in [7, 11) is 0. The lowest BCUT2D eigenvalue weighted by Crippen LogP contribution is -2.62. The molecule has 3 heteroatoms. The van der Waals surface area contributed by atoms with E-state index in [0.717, 1.165) is 6.42 Å². The van der Waals surface area contributed by atoms with Crippen LogP contribution in [0.3, 0.4) is 0 Å². The molecule has 7 aromatic carbocycles. The van der Waals surface area contributed by atoms with Gasteiger partial charge in [0, 0.05) is 34.0 Å². The minimum Gasteiger partial charge on any atom is -0.311 e. The van der Waals surface area contributed by atoms with Crippen LogP contribution in [0.1, 0.15) is 167 Å². The molecule has 0 unspecified atom stereocenters. The average Bonchev–Trinajstić information content (AvgIpc) is 3.31. The van der Waals surface area contributed by atoms with Crippen LogP contribution in [-0.4, -0.2) is 6.71 Å². The average molecular weight is 933 g/mol. The minimum absolute atomic E-state index is 0.0277. The Bertz CT molecular complexity index is 3310. The Balaban J connectivity index is 1.26. The van der Waals surface area contributed by atoms with Crippen molar-refractivity contribution in [1.29, 1.82) is 0 Å². The van der Waals surface area contributed by atoms with Crippen LogP contribution in [0, 0.1) is 13.8 Å². The summed E-state index contributed by atoms with van der Waals surface area (Å²) in [6.45, 7) is 38.6. The highest BCUT2D eigenvalue weighted by atomic mass is 15.2. The monoisotopic (exact) mass is 933 g/mol. The van der Waals surface area contributed by atoms with E-state index >= 15 is 0 Å². The van der Waals surface area contributed by atoms with Crippen molar-refractivity contribution in [2.45, 2.75) is 169 Å². The normalized spacial score (nSPS) is 18.0. The van der Waals surface area contributed by atoms with Crippen LogP contribution in [0.4, 0.5) is 34.1 Å². The van der Waals surface area contributed by atoms with Crippen LogP contribution < -0.4 is 26.2 Å². The molecule has 0 aromatic heterocycles. The molecule has 2 nitrogen and oxygen atoms in total. The third-order valence-corrected chi connectivity index (χ3v) is 17.9. The first kappa shape index (κ1) is 47.5. The van der Waals surface area contributed by atoms with Crippen LogP contribution >= 0.6 is 0 Å². The van der Waals surface area contributed by atoms with Crippen molar-refractivity contribution in [3.05, 3.63) is 172 Å². The number of fused-ring (bicyclic) bond motifs is 6. The predicted octanol–water partition coefficient (Wildman–Crippen LogP) is 17.0. The molecule has 2 heterocycles. The summed E-state index contributed by atoms with van der Waals surface area (Å²) >= 11 is 0. The molecule has 7 aromatic rings. The van der Waals surface area contributed by atoms with E-state index in [9.17, 15) is 0 Å². The molecule has 2 aliphatic heterocycles. The van der Waals surface area contributed by atoms with Crippen LogP contribution in [0.2, 0.25) is 0 Å². The van der Waals surface area contributed by atoms with E-state index in [1.54, 1.807) is 0 Å². The Morgan fingerprint density at radius 2 is 0.915 bits per heavy atom. The first-order valence-electron chi connectivity index (χ1n) is 26.8. The molecule has 71 heavy (non-hydrogen) atoms. The largest absolute Gasteiger partial charge is 0.311 e. The zero-order valence-corrected chi connectivity index (χ0v) is 45.9. The van der Waals surface area contributed by atoms with Crippen molar-refractivity contribution in [3.63, 3.8) is 0 Å². The summed E-state index contributed by atoms with van der Waals surface area (Å²) < 4.78 is 0. The first-order valence-corrected chi connectivity index (χ1v) is 26.8. The molecule has 11 rings (SSSR count). The van der Waals surface area contributed by atoms with Gasteiger partial charge in [0.15, 0.2) is 0 Å². The topological polar surface area (TPSA) is 6.48 Å². The number of rotatable bonds is 4. The van der Waals surface area contributed by atoms with Gasteiger partial charge in [-0.2, -0.15) is 0 Å². The maximum atomic E-state index is 2.73. The second kappa shape index (κ2) is 15.9. The molecule has 0 saturated carbocycles. The Morgan fingerprint density at radius 3 is 1.54 bits per heavy atom. The summed E-state index contributed by atoms with van der Waals surface area (Å²) in [6.07, 6.45) is 4.71. The summed E-state index contributed by atoms with van der Waals surface area (Å²) in [5, 5.41) is 0. The number of hydrogen-bond donors (Lipinski definition) is 0. The molecule has 4 aliphatic rings. The second-order valence-corrected chi connectivity index (χ2v) is 26.9. The van der Waals surface area contributed by atoms with Gasteiger partial charge in [0.05, 0.1) is 5.69 Å². The van der Waals surface area contributed by atoms with Crippen molar-refractivity contribution in [3.8, 4) is 22.3 Å². The zero-order chi connectivity index (χ0) is 50.5. The molecule has 0 saturated heterocycles. The van der Waals surface area contributed by atoms with Crippen molar-refractivity contribution >= 4 is 57.2 Å². The minimum atomic E-state index is -0.0348. The lowest BCUT2D eigenvalue weighted by molar-refractivity contribution is 0.332. The zero-order valence-electron chi connectivity index (χ0n) is 45.9. The smallest absolute Gasteiger partial charge is 0.252 e. The highest BCUT2D eigenvalue weighted by Gasteiger charge is 2.47. The molecule has 0 spiro atoms. The second-order valence-electron chi connectivity index (χ2n) is 26.9. The van der Waals surface area contributed by atoms with E-state index in [1.165, 1.54) is 137 Å². The Morgan fingerprint density at radius 1 is 0.394 bits per heavy atom. The lowest BCUT2D eigenvalue weighted by atomic mass is 9.33. The van der Waals surface area contributed by atoms with Gasteiger partial charge in [0.2, 0.25) is 0 Å². The van der Waals surface area contributed by atoms with Gasteiger partial charge in [-0.3, -0.25) is 0 Å². The summed E-state index contributed by atoms with van der Waals surface area (Å²) in [5.41, 5.74) is 28.3. The number of aryl methyl sites for hydroxylation is 2. The summed E-state index contributed by atoms with van der Waals surface area (Å²) in [4.78, 5) is 5.38. The molecule has 0 atom stereocenters. The van der Waals surface area contributed by atoms with E-state index in [1.807, 2.05) is 0 Å². The quantitative estimate of drug-likeness (QED) is 0.162. The molecule has 0 radical (unpaired) electrons. The van der Waals surface area contributed by atoms with Crippen LogP contribution in [0.25, 0.3) is 22.3 Å². The fourth-order valence-corrected chi connectivity index (χ4v) is 13.0. The lowest BCUT2D eigenvalue weighted by Gasteiger charge is -2.48. The first-order chi connectivity index (χ1) is 33.2. The highest BCUT2D eigenvalue weighted by Crippen LogP contribution is 2.54. The molecule has 0 fully saturated rings. The van der Waals surface area contributed by atoms with Gasteiger partial charge < -0.3 is 9.80 Å². The standard InChI is InChI=1S/C68H77BN2/c1-42-34-60-62-61(35-42)71(57-37-45(23-22-43(57)2)44-20-18-17-19-21-44)58-39-48(64(6,7)8)25-28-54(58)69(62)55-40-52-53(68(15,16)33-32-67(52,13)14)41-59(55)70(60)56-29-26-47(63(3,4)5)38-49(56)46-24-27-50-51(36-46)66(11,12)31-30-65(50,9)10/h17-29,34-41H,30-33H2,1-16H3.